The summed E-state index contributed by atoms with van der Waals surface area (Å²) < 4.78 is 8.44. The Morgan fingerprint density at radius 3 is 3.00 bits per heavy atom. The van der Waals surface area contributed by atoms with Crippen molar-refractivity contribution in [3.63, 3.8) is 0 Å². The minimum absolute atomic E-state index is 0.106. The highest BCUT2D eigenvalue weighted by Crippen LogP contribution is 2.31. The summed E-state index contributed by atoms with van der Waals surface area (Å²) >= 11 is 2.98. The van der Waals surface area contributed by atoms with Crippen LogP contribution >= 0.6 is 22.9 Å². The Morgan fingerprint density at radius 1 is 1.31 bits per heavy atom. The third-order valence-corrected chi connectivity index (χ3v) is 6.14. The van der Waals surface area contributed by atoms with Gasteiger partial charge in [0.25, 0.3) is 5.56 Å². The number of nitrogens with zero attached hydrogens (tertiary/aromatic N) is 6. The Bertz CT molecular complexity index is 1240. The SMILES string of the molecule is Cn1c2nc(CC3=NCC=C3)sc2c2cnn(Cc3cnsc3)c(=O)c21. The zero-order valence-electron chi connectivity index (χ0n) is 13.9. The number of aliphatic imine (C=N–C) groups is 1. The zero-order chi connectivity index (χ0) is 17.7. The van der Waals surface area contributed by atoms with E-state index in [-0.39, 0.29) is 5.56 Å². The Balaban J connectivity index is 1.61. The molecule has 26 heavy (non-hydrogen) atoms. The van der Waals surface area contributed by atoms with Gasteiger partial charge in [-0.05, 0) is 17.6 Å². The van der Waals surface area contributed by atoms with Gasteiger partial charge in [0, 0.05) is 41.7 Å². The molecule has 5 heterocycles. The maximum Gasteiger partial charge on any atom is 0.291 e. The second-order valence-corrected chi connectivity index (χ2v) is 7.87. The van der Waals surface area contributed by atoms with Gasteiger partial charge in [0.15, 0.2) is 5.65 Å². The van der Waals surface area contributed by atoms with Gasteiger partial charge in [0.1, 0.15) is 10.5 Å². The van der Waals surface area contributed by atoms with E-state index in [1.54, 1.807) is 23.7 Å². The quantitative estimate of drug-likeness (QED) is 0.543. The average molecular weight is 382 g/mol. The van der Waals surface area contributed by atoms with Crippen LogP contribution in [0, 0.1) is 0 Å². The molecule has 0 unspecified atom stereocenters. The monoisotopic (exact) mass is 382 g/mol. The summed E-state index contributed by atoms with van der Waals surface area (Å²) in [5.74, 6) is 0. The van der Waals surface area contributed by atoms with Crippen molar-refractivity contribution < 1.29 is 0 Å². The molecule has 0 saturated carbocycles. The molecule has 0 amide bonds. The predicted octanol–water partition coefficient (Wildman–Crippen LogP) is 2.40. The van der Waals surface area contributed by atoms with Crippen LogP contribution in [0.1, 0.15) is 10.6 Å². The lowest BCUT2D eigenvalue weighted by Crippen LogP contribution is -2.24. The molecule has 0 radical (unpaired) electrons. The molecule has 0 fully saturated rings. The maximum absolute atomic E-state index is 12.9. The van der Waals surface area contributed by atoms with Crippen molar-refractivity contribution in [2.75, 3.05) is 6.54 Å². The fourth-order valence-corrected chi connectivity index (χ4v) is 4.83. The van der Waals surface area contributed by atoms with Gasteiger partial charge < -0.3 is 4.57 Å². The van der Waals surface area contributed by atoms with E-state index in [4.69, 9.17) is 4.98 Å². The molecule has 0 N–H and O–H groups in total. The van der Waals surface area contributed by atoms with Crippen molar-refractivity contribution in [3.05, 3.63) is 50.9 Å². The first kappa shape index (κ1) is 15.6. The second kappa shape index (κ2) is 5.96. The number of rotatable bonds is 4. The summed E-state index contributed by atoms with van der Waals surface area (Å²) in [6, 6.07) is 0. The average Bonchev–Trinajstić information content (AvgIpc) is 3.39. The Kier molecular flexibility index (Phi) is 3.57. The second-order valence-electron chi connectivity index (χ2n) is 6.13. The highest BCUT2D eigenvalue weighted by Gasteiger charge is 2.19. The van der Waals surface area contributed by atoms with Crippen LogP contribution in [0.2, 0.25) is 0 Å². The van der Waals surface area contributed by atoms with Gasteiger partial charge in [-0.15, -0.1) is 11.3 Å². The summed E-state index contributed by atoms with van der Waals surface area (Å²) in [5, 5.41) is 8.16. The van der Waals surface area contributed by atoms with E-state index >= 15 is 0 Å². The van der Waals surface area contributed by atoms with E-state index in [1.807, 2.05) is 29.1 Å². The normalized spacial score (nSPS) is 14.0. The van der Waals surface area contributed by atoms with Crippen LogP contribution in [0.5, 0.6) is 0 Å². The Morgan fingerprint density at radius 2 is 2.23 bits per heavy atom. The molecule has 7 nitrogen and oxygen atoms in total. The number of aromatic nitrogens is 5. The standard InChI is InChI=1S/C17H14N6OS2/c1-22-14-12(7-19-23(17(14)24)8-10-6-20-25-9-10)15-16(22)21-13(26-15)5-11-3-2-4-18-11/h2-3,6-7,9H,4-5,8H2,1H3. The molecule has 0 spiro atoms. The first-order valence-corrected chi connectivity index (χ1v) is 9.78. The predicted molar refractivity (Wildman–Crippen MR) is 105 cm³/mol. The minimum Gasteiger partial charge on any atom is -0.323 e. The first-order valence-electron chi connectivity index (χ1n) is 8.13. The topological polar surface area (TPSA) is 78.0 Å². The molecular formula is C17H14N6OS2. The van der Waals surface area contributed by atoms with Gasteiger partial charge in [-0.3, -0.25) is 9.79 Å². The lowest BCUT2D eigenvalue weighted by molar-refractivity contribution is 0.644. The van der Waals surface area contributed by atoms with Crippen molar-refractivity contribution >= 4 is 49.8 Å². The number of thiazole rings is 1. The van der Waals surface area contributed by atoms with Gasteiger partial charge in [-0.2, -0.15) is 5.10 Å². The van der Waals surface area contributed by atoms with E-state index in [9.17, 15) is 4.79 Å². The molecule has 0 atom stereocenters. The number of fused-ring (bicyclic) bond motifs is 3. The van der Waals surface area contributed by atoms with Crippen LogP contribution in [0.3, 0.4) is 0 Å². The summed E-state index contributed by atoms with van der Waals surface area (Å²) in [5.41, 5.74) is 3.40. The van der Waals surface area contributed by atoms with Gasteiger partial charge in [0.05, 0.1) is 24.0 Å². The van der Waals surface area contributed by atoms with Gasteiger partial charge in [-0.1, -0.05) is 6.08 Å². The molecule has 0 saturated heterocycles. The molecule has 1 aliphatic rings. The summed E-state index contributed by atoms with van der Waals surface area (Å²) in [6.07, 6.45) is 8.36. The highest BCUT2D eigenvalue weighted by molar-refractivity contribution is 7.19. The fourth-order valence-electron chi connectivity index (χ4n) is 3.18. The molecule has 0 aromatic carbocycles. The molecule has 5 rings (SSSR count). The van der Waals surface area contributed by atoms with Crippen LogP contribution in [-0.4, -0.2) is 36.0 Å². The molecule has 1 aliphatic heterocycles. The molecule has 4 aromatic heterocycles. The van der Waals surface area contributed by atoms with E-state index in [2.05, 4.69) is 14.5 Å². The Labute approximate surface area is 156 Å². The van der Waals surface area contributed by atoms with Crippen LogP contribution < -0.4 is 5.56 Å². The smallest absolute Gasteiger partial charge is 0.291 e. The van der Waals surface area contributed by atoms with E-state index in [0.717, 1.165) is 45.0 Å². The molecule has 0 bridgehead atoms. The molecular weight excluding hydrogens is 368 g/mol. The maximum atomic E-state index is 12.9. The molecule has 0 aliphatic carbocycles. The minimum atomic E-state index is -0.106. The lowest BCUT2D eigenvalue weighted by atomic mass is 10.3. The van der Waals surface area contributed by atoms with E-state index in [1.165, 1.54) is 16.2 Å². The first-order chi connectivity index (χ1) is 12.7. The summed E-state index contributed by atoms with van der Waals surface area (Å²) in [4.78, 5) is 22.1. The highest BCUT2D eigenvalue weighted by atomic mass is 32.1. The van der Waals surface area contributed by atoms with Crippen LogP contribution in [0.25, 0.3) is 21.3 Å². The van der Waals surface area contributed by atoms with Crippen molar-refractivity contribution in [1.82, 2.24) is 23.7 Å². The van der Waals surface area contributed by atoms with Crippen molar-refractivity contribution in [2.45, 2.75) is 13.0 Å². The van der Waals surface area contributed by atoms with Gasteiger partial charge in [-0.25, -0.2) is 14.0 Å². The van der Waals surface area contributed by atoms with Crippen molar-refractivity contribution in [1.29, 1.82) is 0 Å². The molecule has 4 aromatic rings. The van der Waals surface area contributed by atoms with Crippen LogP contribution in [0.4, 0.5) is 0 Å². The van der Waals surface area contributed by atoms with Crippen molar-refractivity contribution in [2.24, 2.45) is 12.0 Å². The number of hydrogen-bond acceptors (Lipinski definition) is 7. The van der Waals surface area contributed by atoms with Crippen molar-refractivity contribution in [3.8, 4) is 0 Å². The largest absolute Gasteiger partial charge is 0.323 e. The number of allylic oxidation sites excluding steroid dienone is 1. The third kappa shape index (κ3) is 2.43. The van der Waals surface area contributed by atoms with Crippen LogP contribution in [-0.2, 0) is 20.0 Å². The number of aryl methyl sites for hydroxylation is 1. The van der Waals surface area contributed by atoms with E-state index < -0.39 is 0 Å². The Hall–Kier alpha value is -2.65. The number of hydrogen-bond donors (Lipinski definition) is 0. The van der Waals surface area contributed by atoms with Gasteiger partial charge in [0.2, 0.25) is 0 Å². The molecule has 9 heteroatoms. The lowest BCUT2D eigenvalue weighted by Gasteiger charge is -2.03. The summed E-state index contributed by atoms with van der Waals surface area (Å²) in [7, 11) is 1.89. The van der Waals surface area contributed by atoms with Gasteiger partial charge >= 0.3 is 0 Å². The van der Waals surface area contributed by atoms with E-state index in [0.29, 0.717) is 12.1 Å². The zero-order valence-corrected chi connectivity index (χ0v) is 15.5. The fraction of sp³-hybridized carbons (Fsp3) is 0.235. The third-order valence-electron chi connectivity index (χ3n) is 4.43. The summed E-state index contributed by atoms with van der Waals surface area (Å²) in [6.45, 7) is 1.18. The molecule has 130 valence electrons. The van der Waals surface area contributed by atoms with Crippen LogP contribution in [0.15, 0.2) is 39.7 Å².